The Balaban J connectivity index is 2.58. The molecule has 0 bridgehead atoms. The van der Waals surface area contributed by atoms with Gasteiger partial charge in [0.05, 0.1) is 10.7 Å². The number of halogens is 2. The van der Waals surface area contributed by atoms with E-state index in [0.717, 1.165) is 10.2 Å². The first-order valence-electron chi connectivity index (χ1n) is 4.00. The summed E-state index contributed by atoms with van der Waals surface area (Å²) in [6, 6.07) is 7.44. The molecule has 4 heteroatoms. The SMILES string of the molecule is Clc1c(Br)ccnc1-c1ccccn1. The molecule has 0 amide bonds. The van der Waals surface area contributed by atoms with Crippen molar-refractivity contribution in [1.82, 2.24) is 9.97 Å². The lowest BCUT2D eigenvalue weighted by atomic mass is 10.2. The number of pyridine rings is 2. The molecule has 2 nitrogen and oxygen atoms in total. The van der Waals surface area contributed by atoms with Crippen LogP contribution in [0.2, 0.25) is 5.02 Å². The lowest BCUT2D eigenvalue weighted by Crippen LogP contribution is -1.87. The first kappa shape index (κ1) is 9.62. The molecule has 14 heavy (non-hydrogen) atoms. The summed E-state index contributed by atoms with van der Waals surface area (Å²) in [4.78, 5) is 8.37. The van der Waals surface area contributed by atoms with Crippen LogP contribution < -0.4 is 0 Å². The van der Waals surface area contributed by atoms with Crippen LogP contribution >= 0.6 is 27.5 Å². The average Bonchev–Trinajstić information content (AvgIpc) is 2.23. The molecule has 0 aromatic carbocycles. The Labute approximate surface area is 95.1 Å². The van der Waals surface area contributed by atoms with Crippen LogP contribution in [0.3, 0.4) is 0 Å². The van der Waals surface area contributed by atoms with Gasteiger partial charge in [-0.05, 0) is 34.1 Å². The van der Waals surface area contributed by atoms with Crippen molar-refractivity contribution in [1.29, 1.82) is 0 Å². The van der Waals surface area contributed by atoms with E-state index in [-0.39, 0.29) is 0 Å². The molecule has 2 aromatic heterocycles. The van der Waals surface area contributed by atoms with Crippen molar-refractivity contribution < 1.29 is 0 Å². The highest BCUT2D eigenvalue weighted by molar-refractivity contribution is 9.10. The molecule has 0 N–H and O–H groups in total. The molecule has 0 saturated carbocycles. The van der Waals surface area contributed by atoms with E-state index >= 15 is 0 Å². The second-order valence-electron chi connectivity index (χ2n) is 2.67. The van der Waals surface area contributed by atoms with Gasteiger partial charge in [-0.25, -0.2) is 0 Å². The van der Waals surface area contributed by atoms with Crippen LogP contribution in [0.5, 0.6) is 0 Å². The highest BCUT2D eigenvalue weighted by Crippen LogP contribution is 2.30. The third-order valence-corrected chi connectivity index (χ3v) is 3.02. The van der Waals surface area contributed by atoms with Crippen LogP contribution in [0.4, 0.5) is 0 Å². The first-order chi connectivity index (χ1) is 6.79. The van der Waals surface area contributed by atoms with Gasteiger partial charge in [0.15, 0.2) is 0 Å². The van der Waals surface area contributed by atoms with Gasteiger partial charge < -0.3 is 0 Å². The van der Waals surface area contributed by atoms with E-state index in [2.05, 4.69) is 25.9 Å². The predicted molar refractivity (Wildman–Crippen MR) is 60.2 cm³/mol. The number of nitrogens with zero attached hydrogens (tertiary/aromatic N) is 2. The summed E-state index contributed by atoms with van der Waals surface area (Å²) < 4.78 is 0.829. The van der Waals surface area contributed by atoms with Crippen LogP contribution in [0.25, 0.3) is 11.4 Å². The second kappa shape index (κ2) is 4.07. The Morgan fingerprint density at radius 3 is 2.64 bits per heavy atom. The summed E-state index contributed by atoms with van der Waals surface area (Å²) in [6.07, 6.45) is 3.41. The Bertz CT molecular complexity index is 445. The summed E-state index contributed by atoms with van der Waals surface area (Å²) in [5.41, 5.74) is 1.47. The van der Waals surface area contributed by atoms with Crippen LogP contribution in [-0.4, -0.2) is 9.97 Å². The van der Waals surface area contributed by atoms with Crippen molar-refractivity contribution in [2.24, 2.45) is 0 Å². The summed E-state index contributed by atoms with van der Waals surface area (Å²) in [7, 11) is 0. The fraction of sp³-hybridized carbons (Fsp3) is 0. The summed E-state index contributed by atoms with van der Waals surface area (Å²) in [5.74, 6) is 0. The van der Waals surface area contributed by atoms with E-state index in [0.29, 0.717) is 10.7 Å². The number of hydrogen-bond donors (Lipinski definition) is 0. The van der Waals surface area contributed by atoms with Gasteiger partial charge in [-0.1, -0.05) is 17.7 Å². The molecular weight excluding hydrogens is 263 g/mol. The number of rotatable bonds is 1. The molecule has 0 aliphatic heterocycles. The third-order valence-electron chi connectivity index (χ3n) is 1.75. The minimum Gasteiger partial charge on any atom is -0.255 e. The molecule has 70 valence electrons. The predicted octanol–water partition coefficient (Wildman–Crippen LogP) is 3.56. The summed E-state index contributed by atoms with van der Waals surface area (Å²) in [6.45, 7) is 0. The standard InChI is InChI=1S/C10H6BrClN2/c11-7-4-6-14-10(9(7)12)8-3-1-2-5-13-8/h1-6H. The average molecular weight is 270 g/mol. The van der Waals surface area contributed by atoms with Crippen LogP contribution in [0.1, 0.15) is 0 Å². The Morgan fingerprint density at radius 2 is 1.93 bits per heavy atom. The molecule has 0 spiro atoms. The minimum absolute atomic E-state index is 0.589. The molecule has 2 rings (SSSR count). The smallest absolute Gasteiger partial charge is 0.108 e. The van der Waals surface area contributed by atoms with Crippen molar-refractivity contribution >= 4 is 27.5 Å². The molecular formula is C10H6BrClN2. The van der Waals surface area contributed by atoms with E-state index in [4.69, 9.17) is 11.6 Å². The largest absolute Gasteiger partial charge is 0.255 e. The number of aromatic nitrogens is 2. The molecule has 0 atom stereocenters. The van der Waals surface area contributed by atoms with Gasteiger partial charge in [-0.15, -0.1) is 0 Å². The maximum Gasteiger partial charge on any atom is 0.108 e. The summed E-state index contributed by atoms with van der Waals surface area (Å²) in [5, 5.41) is 0.589. The van der Waals surface area contributed by atoms with Crippen LogP contribution in [0.15, 0.2) is 41.1 Å². The van der Waals surface area contributed by atoms with Crippen molar-refractivity contribution in [3.63, 3.8) is 0 Å². The van der Waals surface area contributed by atoms with Gasteiger partial charge in [0.1, 0.15) is 5.69 Å². The Morgan fingerprint density at radius 1 is 1.07 bits per heavy atom. The Hall–Kier alpha value is -0.930. The molecule has 0 radical (unpaired) electrons. The summed E-state index contributed by atoms with van der Waals surface area (Å²) >= 11 is 9.42. The van der Waals surface area contributed by atoms with E-state index < -0.39 is 0 Å². The lowest BCUT2D eigenvalue weighted by Gasteiger charge is -2.02. The maximum atomic E-state index is 6.08. The van der Waals surface area contributed by atoms with E-state index in [1.807, 2.05) is 18.2 Å². The minimum atomic E-state index is 0.589. The third kappa shape index (κ3) is 1.79. The van der Waals surface area contributed by atoms with Gasteiger partial charge in [0, 0.05) is 16.9 Å². The van der Waals surface area contributed by atoms with Gasteiger partial charge in [0.2, 0.25) is 0 Å². The van der Waals surface area contributed by atoms with Crippen molar-refractivity contribution in [3.05, 3.63) is 46.2 Å². The van der Waals surface area contributed by atoms with E-state index in [1.165, 1.54) is 0 Å². The first-order valence-corrected chi connectivity index (χ1v) is 5.17. The Kier molecular flexibility index (Phi) is 2.79. The maximum absolute atomic E-state index is 6.08. The molecule has 0 aliphatic rings. The zero-order chi connectivity index (χ0) is 9.97. The van der Waals surface area contributed by atoms with Gasteiger partial charge in [-0.3, -0.25) is 9.97 Å². The normalized spacial score (nSPS) is 10.1. The fourth-order valence-corrected chi connectivity index (χ4v) is 1.62. The van der Waals surface area contributed by atoms with Crippen molar-refractivity contribution in [2.75, 3.05) is 0 Å². The zero-order valence-electron chi connectivity index (χ0n) is 7.11. The quantitative estimate of drug-likeness (QED) is 0.791. The fourth-order valence-electron chi connectivity index (χ4n) is 1.10. The highest BCUT2D eigenvalue weighted by Gasteiger charge is 2.07. The zero-order valence-corrected chi connectivity index (χ0v) is 9.46. The molecule has 0 saturated heterocycles. The lowest BCUT2D eigenvalue weighted by molar-refractivity contribution is 1.24. The molecule has 0 fully saturated rings. The van der Waals surface area contributed by atoms with Gasteiger partial charge >= 0.3 is 0 Å². The van der Waals surface area contributed by atoms with Gasteiger partial charge in [-0.2, -0.15) is 0 Å². The molecule has 2 aromatic rings. The van der Waals surface area contributed by atoms with Gasteiger partial charge in [0.25, 0.3) is 0 Å². The molecule has 2 heterocycles. The van der Waals surface area contributed by atoms with Crippen molar-refractivity contribution in [3.8, 4) is 11.4 Å². The van der Waals surface area contributed by atoms with Crippen molar-refractivity contribution in [2.45, 2.75) is 0 Å². The molecule has 0 aliphatic carbocycles. The van der Waals surface area contributed by atoms with Crippen LogP contribution in [-0.2, 0) is 0 Å². The van der Waals surface area contributed by atoms with E-state index in [1.54, 1.807) is 18.5 Å². The second-order valence-corrected chi connectivity index (χ2v) is 3.90. The topological polar surface area (TPSA) is 25.8 Å². The van der Waals surface area contributed by atoms with Crippen LogP contribution in [0, 0.1) is 0 Å². The van der Waals surface area contributed by atoms with E-state index in [9.17, 15) is 0 Å². The number of hydrogen-bond acceptors (Lipinski definition) is 2. The monoisotopic (exact) mass is 268 g/mol. The highest BCUT2D eigenvalue weighted by atomic mass is 79.9. The molecule has 0 unspecified atom stereocenters.